The molecule has 1 aromatic heterocycles. The molecule has 1 saturated heterocycles. The van der Waals surface area contributed by atoms with E-state index >= 15 is 4.79 Å². The van der Waals surface area contributed by atoms with Gasteiger partial charge in [-0.1, -0.05) is 27.2 Å². The second-order valence-electron chi connectivity index (χ2n) is 18.0. The van der Waals surface area contributed by atoms with Crippen molar-refractivity contribution in [2.75, 3.05) is 32.0 Å². The number of hydrogen-bond donors (Lipinski definition) is 9. The molecule has 10 N–H and O–H groups in total. The van der Waals surface area contributed by atoms with Gasteiger partial charge < -0.3 is 66.8 Å². The zero-order chi connectivity index (χ0) is 53.1. The number of aromatic nitrogens is 1. The van der Waals surface area contributed by atoms with Crippen LogP contribution in [0.3, 0.4) is 0 Å². The largest absolute Gasteiger partial charge is 0.462 e. The summed E-state index contributed by atoms with van der Waals surface area (Å²) in [7, 11) is 0. The van der Waals surface area contributed by atoms with Gasteiger partial charge in [0, 0.05) is 69.2 Å². The topological polar surface area (TPSA) is 370 Å². The molecule has 25 nitrogen and oxygen atoms in total. The van der Waals surface area contributed by atoms with E-state index < -0.39 is 177 Å². The van der Waals surface area contributed by atoms with Crippen LogP contribution in [-0.2, 0) is 73.4 Å². The molecule has 4 heterocycles. The van der Waals surface area contributed by atoms with E-state index in [2.05, 4.69) is 36.9 Å². The number of nitrogens with two attached hydrogens (primary N) is 1. The van der Waals surface area contributed by atoms with Gasteiger partial charge >= 0.3 is 17.9 Å². The zero-order valence-electron chi connectivity index (χ0n) is 40.6. The number of aromatic amines is 1. The summed E-state index contributed by atoms with van der Waals surface area (Å²) in [5.41, 5.74) is 6.27. The number of aliphatic hydroxyl groups excluding tert-OH is 1. The van der Waals surface area contributed by atoms with Crippen molar-refractivity contribution >= 4 is 93.6 Å². The number of amides is 8. The number of thioether (sulfide) groups is 1. The molecule has 5 unspecified atom stereocenters. The smallest absolute Gasteiger partial charge is 0.308 e. The number of ether oxygens (including phenoxy) is 3. The summed E-state index contributed by atoms with van der Waals surface area (Å²) in [6, 6.07) is -3.31. The molecule has 1 fully saturated rings. The lowest BCUT2D eigenvalue weighted by Crippen LogP contribution is -2.60. The Morgan fingerprint density at radius 2 is 1.51 bits per heavy atom. The van der Waals surface area contributed by atoms with Gasteiger partial charge in [0.2, 0.25) is 47.3 Å². The molecule has 26 heteroatoms. The van der Waals surface area contributed by atoms with Crippen molar-refractivity contribution in [3.8, 4) is 5.75 Å². The van der Waals surface area contributed by atoms with E-state index in [4.69, 9.17) is 19.9 Å². The molecule has 72 heavy (non-hydrogen) atoms. The quantitative estimate of drug-likeness (QED) is 0.0879. The summed E-state index contributed by atoms with van der Waals surface area (Å²) in [5, 5.41) is 26.8. The van der Waals surface area contributed by atoms with Gasteiger partial charge in [0.15, 0.2) is 5.78 Å². The van der Waals surface area contributed by atoms with E-state index in [1.54, 1.807) is 19.9 Å². The molecule has 2 bridgehead atoms. The Hall–Kier alpha value is -7.09. The Balaban J connectivity index is 1.75. The number of Topliss-reactive ketones (excluding diaryl/α,β-unsaturated/α-hetero) is 1. The summed E-state index contributed by atoms with van der Waals surface area (Å²) in [5.74, 6) is -14.0. The van der Waals surface area contributed by atoms with Crippen molar-refractivity contribution in [3.63, 3.8) is 0 Å². The van der Waals surface area contributed by atoms with Crippen LogP contribution in [0.15, 0.2) is 23.2 Å². The van der Waals surface area contributed by atoms with Gasteiger partial charge in [-0.3, -0.25) is 57.5 Å². The number of primary amides is 1. The molecule has 0 saturated carbocycles. The van der Waals surface area contributed by atoms with Crippen LogP contribution in [0.1, 0.15) is 72.8 Å². The number of carbonyl (C=O) groups excluding carboxylic acids is 12. The third-order valence-corrected chi connectivity index (χ3v) is 13.6. The molecule has 3 aliphatic rings. The first-order valence-electron chi connectivity index (χ1n) is 23.3. The molecule has 3 aliphatic heterocycles. The number of esters is 3. The number of H-pyrrole nitrogens is 1. The second kappa shape index (κ2) is 24.8. The van der Waals surface area contributed by atoms with E-state index in [9.17, 15) is 57.8 Å². The van der Waals surface area contributed by atoms with Crippen molar-refractivity contribution < 1.29 is 76.9 Å². The number of rotatable bonds is 10. The number of fused-ring (bicyclic) bond motifs is 5. The molecular formula is C46H61N9O16S. The minimum Gasteiger partial charge on any atom is -0.462 e. The lowest BCUT2D eigenvalue weighted by molar-refractivity contribution is -0.161. The molecule has 2 aromatic rings. The predicted octanol–water partition coefficient (Wildman–Crippen LogP) is -2.48. The van der Waals surface area contributed by atoms with Crippen LogP contribution in [0.4, 0.5) is 0 Å². The molecule has 5 rings (SSSR count). The highest BCUT2D eigenvalue weighted by molar-refractivity contribution is 7.99. The Morgan fingerprint density at radius 1 is 0.833 bits per heavy atom. The maximum atomic E-state index is 15.1. The van der Waals surface area contributed by atoms with Crippen molar-refractivity contribution in [1.29, 1.82) is 0 Å². The van der Waals surface area contributed by atoms with Gasteiger partial charge in [-0.2, -0.15) is 0 Å². The van der Waals surface area contributed by atoms with Crippen LogP contribution in [0.25, 0.3) is 10.9 Å². The normalized spacial score (nSPS) is 25.4. The fraction of sp³-hybridized carbons (Fsp3) is 0.565. The molecule has 0 aliphatic carbocycles. The standard InChI is InChI=1S/C46H61N9O16S/c1-7-20(2)39-44(67)49-15-37(62)50-32-19-72-45-29(28-9-8-27(70-23(5)57)13-30(28)52-45)10-25(41(64)48-16-38(63)53-39)11-34(60)40(21(3)35(71-24(6)58)18-69-22(4)56)54-43(66)33-12-26(59)17-55(33)46(68)31(14-36(47)61)51-42(32)65/h8-9,13,20-21,25-26,31-33,35,39-40,52,59H,7,10-12,14-19H2,1-6H3,(H2,47,61)(H,48,64)(H,49,67)(H,50,62)(H,51,65)(H,53,63)(H,54,66)/t20-,21?,25?,26?,31?,32?,33-,35-,39-,40-/m0/s1. The number of ketones is 1. The first kappa shape index (κ1) is 55.8. The average molecular weight is 1030 g/mol. The van der Waals surface area contributed by atoms with Gasteiger partial charge in [0.1, 0.15) is 42.6 Å². The third kappa shape index (κ3) is 14.7. The summed E-state index contributed by atoms with van der Waals surface area (Å²) in [4.78, 5) is 167. The Morgan fingerprint density at radius 3 is 2.15 bits per heavy atom. The molecule has 8 amide bonds. The summed E-state index contributed by atoms with van der Waals surface area (Å²) in [6.07, 6.45) is -4.59. The van der Waals surface area contributed by atoms with Gasteiger partial charge in [-0.25, -0.2) is 0 Å². The Kier molecular flexibility index (Phi) is 19.3. The highest BCUT2D eigenvalue weighted by atomic mass is 32.2. The van der Waals surface area contributed by atoms with Crippen LogP contribution in [0.2, 0.25) is 0 Å². The van der Waals surface area contributed by atoms with Crippen LogP contribution >= 0.6 is 11.8 Å². The maximum Gasteiger partial charge on any atom is 0.308 e. The molecule has 392 valence electrons. The van der Waals surface area contributed by atoms with Gasteiger partial charge in [0.05, 0.1) is 42.2 Å². The van der Waals surface area contributed by atoms with Crippen LogP contribution in [0, 0.1) is 17.8 Å². The highest BCUT2D eigenvalue weighted by Gasteiger charge is 2.45. The van der Waals surface area contributed by atoms with Crippen molar-refractivity contribution in [2.24, 2.45) is 23.5 Å². The lowest BCUT2D eigenvalue weighted by Gasteiger charge is -2.33. The number of nitrogens with zero attached hydrogens (tertiary/aromatic N) is 1. The minimum absolute atomic E-state index is 0.120. The predicted molar refractivity (Wildman–Crippen MR) is 252 cm³/mol. The number of hydrogen-bond acceptors (Lipinski definition) is 17. The first-order valence-corrected chi connectivity index (χ1v) is 24.2. The van der Waals surface area contributed by atoms with Crippen molar-refractivity contribution in [3.05, 3.63) is 23.8 Å². The van der Waals surface area contributed by atoms with E-state index in [1.165, 1.54) is 26.0 Å². The SMILES string of the molecule is CC[C@H](C)[C@@H]1NC(=O)CNC(=O)C2CC(=O)[C@H](C(C)[C@H](COC(C)=O)OC(C)=O)NC(=O)[C@@H]3CC(O)CN3C(=O)C(CC(N)=O)NC(=O)C(CSc3[nH]c4cc(OC(C)=O)ccc4c3C2)NC(=O)CNC1=O. The molecule has 0 radical (unpaired) electrons. The number of aliphatic hydroxyl groups is 1. The molecule has 0 spiro atoms. The minimum atomic E-state index is -1.79. The van der Waals surface area contributed by atoms with E-state index in [1.807, 2.05) is 0 Å². The van der Waals surface area contributed by atoms with Crippen LogP contribution in [-0.4, -0.2) is 160 Å². The fourth-order valence-electron chi connectivity index (χ4n) is 8.60. The summed E-state index contributed by atoms with van der Waals surface area (Å²) in [6.45, 7) is 5.70. The Labute approximate surface area is 417 Å². The van der Waals surface area contributed by atoms with E-state index in [-0.39, 0.29) is 22.9 Å². The third-order valence-electron chi connectivity index (χ3n) is 12.5. The van der Waals surface area contributed by atoms with Gasteiger partial charge in [-0.05, 0) is 30.0 Å². The number of carbonyl (C=O) groups is 12. The first-order chi connectivity index (χ1) is 33.9. The van der Waals surface area contributed by atoms with E-state index in [0.29, 0.717) is 22.9 Å². The molecule has 10 atom stereocenters. The van der Waals surface area contributed by atoms with E-state index in [0.717, 1.165) is 30.5 Å². The van der Waals surface area contributed by atoms with Crippen LogP contribution < -0.4 is 42.4 Å². The molecular weight excluding hydrogens is 967 g/mol. The van der Waals surface area contributed by atoms with Crippen molar-refractivity contribution in [1.82, 2.24) is 41.8 Å². The second-order valence-corrected chi connectivity index (χ2v) is 19.1. The summed E-state index contributed by atoms with van der Waals surface area (Å²) >= 11 is 0.946. The molecule has 1 aromatic carbocycles. The van der Waals surface area contributed by atoms with Crippen LogP contribution in [0.5, 0.6) is 5.75 Å². The Bertz CT molecular complexity index is 2480. The number of benzene rings is 1. The van der Waals surface area contributed by atoms with Crippen molar-refractivity contribution in [2.45, 2.75) is 121 Å². The van der Waals surface area contributed by atoms with Gasteiger partial charge in [0.25, 0.3) is 0 Å². The summed E-state index contributed by atoms with van der Waals surface area (Å²) < 4.78 is 16.0. The lowest BCUT2D eigenvalue weighted by atomic mass is 9.85. The zero-order valence-corrected chi connectivity index (χ0v) is 41.4. The number of nitrogens with one attached hydrogen (secondary N) is 7. The van der Waals surface area contributed by atoms with Gasteiger partial charge in [-0.15, -0.1) is 11.8 Å². The monoisotopic (exact) mass is 1030 g/mol. The fourth-order valence-corrected chi connectivity index (χ4v) is 9.72. The maximum absolute atomic E-state index is 15.1. The average Bonchev–Trinajstić information content (AvgIpc) is 3.87. The highest BCUT2D eigenvalue weighted by Crippen LogP contribution is 2.35.